The summed E-state index contributed by atoms with van der Waals surface area (Å²) in [5.74, 6) is 0.850. The van der Waals surface area contributed by atoms with E-state index in [0.29, 0.717) is 6.04 Å². The molecule has 21 heavy (non-hydrogen) atoms. The van der Waals surface area contributed by atoms with Gasteiger partial charge in [0.2, 0.25) is 0 Å². The Morgan fingerprint density at radius 2 is 2.00 bits per heavy atom. The van der Waals surface area contributed by atoms with Crippen LogP contribution in [0.15, 0.2) is 18.2 Å². The highest BCUT2D eigenvalue weighted by atomic mass is 16.5. The minimum atomic E-state index is -0.387. The third-order valence-electron chi connectivity index (χ3n) is 4.79. The molecule has 0 bridgehead atoms. The molecule has 3 heteroatoms. The van der Waals surface area contributed by atoms with Gasteiger partial charge < -0.3 is 14.7 Å². The Bertz CT molecular complexity index is 441. The van der Waals surface area contributed by atoms with Crippen LogP contribution in [0.5, 0.6) is 5.75 Å². The van der Waals surface area contributed by atoms with Crippen LogP contribution in [0.1, 0.15) is 55.8 Å². The van der Waals surface area contributed by atoms with Crippen molar-refractivity contribution < 1.29 is 9.84 Å². The summed E-state index contributed by atoms with van der Waals surface area (Å²) in [6.07, 6.45) is 7.13. The largest absolute Gasteiger partial charge is 0.497 e. The zero-order valence-electron chi connectivity index (χ0n) is 13.6. The number of aryl methyl sites for hydroxylation is 1. The fourth-order valence-electron chi connectivity index (χ4n) is 3.33. The third-order valence-corrected chi connectivity index (χ3v) is 4.79. The molecule has 1 atom stereocenters. The molecule has 1 aromatic rings. The molecule has 1 saturated carbocycles. The lowest BCUT2D eigenvalue weighted by Crippen LogP contribution is -2.34. The highest BCUT2D eigenvalue weighted by molar-refractivity contribution is 5.36. The number of nitrogens with zero attached hydrogens (tertiary/aromatic N) is 1. The molecule has 1 N–H and O–H groups in total. The van der Waals surface area contributed by atoms with Gasteiger partial charge in [-0.25, -0.2) is 0 Å². The minimum Gasteiger partial charge on any atom is -0.497 e. The van der Waals surface area contributed by atoms with E-state index in [-0.39, 0.29) is 6.10 Å². The Kier molecular flexibility index (Phi) is 6.07. The van der Waals surface area contributed by atoms with Gasteiger partial charge in [-0.15, -0.1) is 0 Å². The predicted octanol–water partition coefficient (Wildman–Crippen LogP) is 3.69. The van der Waals surface area contributed by atoms with Crippen molar-refractivity contribution >= 4 is 0 Å². The second-order valence-corrected chi connectivity index (χ2v) is 6.30. The van der Waals surface area contributed by atoms with Gasteiger partial charge in [-0.1, -0.05) is 25.3 Å². The van der Waals surface area contributed by atoms with Crippen LogP contribution < -0.4 is 4.74 Å². The summed E-state index contributed by atoms with van der Waals surface area (Å²) in [5, 5.41) is 10.4. The molecule has 3 nitrogen and oxygen atoms in total. The summed E-state index contributed by atoms with van der Waals surface area (Å²) in [6, 6.07) is 6.61. The third kappa shape index (κ3) is 4.45. The Hall–Kier alpha value is -1.06. The van der Waals surface area contributed by atoms with Crippen LogP contribution in [-0.2, 0) is 0 Å². The summed E-state index contributed by atoms with van der Waals surface area (Å²) in [7, 11) is 3.87. The lowest BCUT2D eigenvalue weighted by molar-refractivity contribution is 0.125. The maximum Gasteiger partial charge on any atom is 0.119 e. The number of hydrogen-bond donors (Lipinski definition) is 1. The van der Waals surface area contributed by atoms with E-state index in [2.05, 4.69) is 11.9 Å². The van der Waals surface area contributed by atoms with Crippen molar-refractivity contribution in [2.24, 2.45) is 0 Å². The number of methoxy groups -OCH3 is 1. The molecule has 0 aliphatic heterocycles. The molecular weight excluding hydrogens is 262 g/mol. The van der Waals surface area contributed by atoms with Crippen molar-refractivity contribution in [3.63, 3.8) is 0 Å². The molecule has 1 fully saturated rings. The van der Waals surface area contributed by atoms with Crippen molar-refractivity contribution in [3.05, 3.63) is 29.3 Å². The molecule has 1 aliphatic carbocycles. The maximum atomic E-state index is 10.4. The quantitative estimate of drug-likeness (QED) is 0.867. The van der Waals surface area contributed by atoms with Gasteiger partial charge in [0.05, 0.1) is 13.2 Å². The van der Waals surface area contributed by atoms with Crippen LogP contribution in [0.2, 0.25) is 0 Å². The molecule has 1 aromatic carbocycles. The number of aliphatic hydroxyl groups is 1. The Morgan fingerprint density at radius 3 is 2.62 bits per heavy atom. The molecule has 0 radical (unpaired) electrons. The van der Waals surface area contributed by atoms with Gasteiger partial charge in [0.1, 0.15) is 5.75 Å². The highest BCUT2D eigenvalue weighted by Gasteiger charge is 2.19. The summed E-state index contributed by atoms with van der Waals surface area (Å²) in [5.41, 5.74) is 2.12. The van der Waals surface area contributed by atoms with Gasteiger partial charge >= 0.3 is 0 Å². The number of hydrogen-bond acceptors (Lipinski definition) is 3. The van der Waals surface area contributed by atoms with Gasteiger partial charge in [-0.3, -0.25) is 0 Å². The smallest absolute Gasteiger partial charge is 0.119 e. The molecule has 1 unspecified atom stereocenters. The molecule has 0 aromatic heterocycles. The Labute approximate surface area is 128 Å². The van der Waals surface area contributed by atoms with Crippen LogP contribution in [0, 0.1) is 6.92 Å². The van der Waals surface area contributed by atoms with Crippen LogP contribution in [0.25, 0.3) is 0 Å². The van der Waals surface area contributed by atoms with E-state index in [1.165, 1.54) is 32.1 Å². The first kappa shape index (κ1) is 16.3. The first-order valence-electron chi connectivity index (χ1n) is 8.14. The SMILES string of the molecule is COc1ccc(C(O)CCN(C)C2CCCCC2)c(C)c1. The zero-order chi connectivity index (χ0) is 15.2. The van der Waals surface area contributed by atoms with E-state index in [4.69, 9.17) is 4.74 Å². The highest BCUT2D eigenvalue weighted by Crippen LogP contribution is 2.26. The number of aliphatic hydroxyl groups excluding tert-OH is 1. The summed E-state index contributed by atoms with van der Waals surface area (Å²) >= 11 is 0. The standard InChI is InChI=1S/C18H29NO2/c1-14-13-16(21-3)9-10-17(14)18(20)11-12-19(2)15-7-5-4-6-8-15/h9-10,13,15,18,20H,4-8,11-12H2,1-3H3. The van der Waals surface area contributed by atoms with Crippen LogP contribution >= 0.6 is 0 Å². The lowest BCUT2D eigenvalue weighted by Gasteiger charge is -2.31. The number of benzene rings is 1. The summed E-state index contributed by atoms with van der Waals surface area (Å²) in [4.78, 5) is 2.43. The molecule has 0 spiro atoms. The van der Waals surface area contributed by atoms with Crippen molar-refractivity contribution in [2.75, 3.05) is 20.7 Å². The topological polar surface area (TPSA) is 32.7 Å². The summed E-state index contributed by atoms with van der Waals surface area (Å²) < 4.78 is 5.22. The molecule has 118 valence electrons. The van der Waals surface area contributed by atoms with E-state index in [1.807, 2.05) is 25.1 Å². The molecule has 0 saturated heterocycles. The van der Waals surface area contributed by atoms with Crippen molar-refractivity contribution in [3.8, 4) is 5.75 Å². The fourth-order valence-corrected chi connectivity index (χ4v) is 3.33. The van der Waals surface area contributed by atoms with Crippen LogP contribution in [0.3, 0.4) is 0 Å². The first-order valence-corrected chi connectivity index (χ1v) is 8.14. The zero-order valence-corrected chi connectivity index (χ0v) is 13.6. The molecule has 0 amide bonds. The van der Waals surface area contributed by atoms with E-state index < -0.39 is 0 Å². The van der Waals surface area contributed by atoms with Gasteiger partial charge in [-0.2, -0.15) is 0 Å². The average molecular weight is 291 g/mol. The minimum absolute atomic E-state index is 0.387. The molecule has 0 heterocycles. The van der Waals surface area contributed by atoms with E-state index in [9.17, 15) is 5.11 Å². The summed E-state index contributed by atoms with van der Waals surface area (Å²) in [6.45, 7) is 2.99. The fraction of sp³-hybridized carbons (Fsp3) is 0.667. The number of rotatable bonds is 6. The number of ether oxygens (including phenoxy) is 1. The first-order chi connectivity index (χ1) is 10.1. The van der Waals surface area contributed by atoms with E-state index in [0.717, 1.165) is 29.8 Å². The van der Waals surface area contributed by atoms with E-state index in [1.54, 1.807) is 7.11 Å². The second kappa shape index (κ2) is 7.81. The van der Waals surface area contributed by atoms with Crippen molar-refractivity contribution in [1.29, 1.82) is 0 Å². The molecule has 1 aliphatic rings. The van der Waals surface area contributed by atoms with Gasteiger partial charge in [0.15, 0.2) is 0 Å². The monoisotopic (exact) mass is 291 g/mol. The van der Waals surface area contributed by atoms with Gasteiger partial charge in [0.25, 0.3) is 0 Å². The van der Waals surface area contributed by atoms with Crippen LogP contribution in [-0.4, -0.2) is 36.8 Å². The Morgan fingerprint density at radius 1 is 1.29 bits per heavy atom. The predicted molar refractivity (Wildman–Crippen MR) is 86.8 cm³/mol. The lowest BCUT2D eigenvalue weighted by atomic mass is 9.94. The van der Waals surface area contributed by atoms with Gasteiger partial charge in [0, 0.05) is 12.6 Å². The van der Waals surface area contributed by atoms with E-state index >= 15 is 0 Å². The van der Waals surface area contributed by atoms with Crippen molar-refractivity contribution in [2.45, 2.75) is 57.6 Å². The van der Waals surface area contributed by atoms with Gasteiger partial charge in [-0.05, 0) is 56.5 Å². The second-order valence-electron chi connectivity index (χ2n) is 6.30. The molecular formula is C18H29NO2. The van der Waals surface area contributed by atoms with Crippen molar-refractivity contribution in [1.82, 2.24) is 4.90 Å². The maximum absolute atomic E-state index is 10.4. The normalized spacial score (nSPS) is 18.0. The van der Waals surface area contributed by atoms with Crippen LogP contribution in [0.4, 0.5) is 0 Å². The average Bonchev–Trinajstić information content (AvgIpc) is 2.52. The Balaban J connectivity index is 1.87. The molecule has 2 rings (SSSR count).